The molecule has 0 atom stereocenters. The second-order valence-electron chi connectivity index (χ2n) is 7.95. The van der Waals surface area contributed by atoms with Crippen LogP contribution in [0.15, 0.2) is 47.3 Å². The summed E-state index contributed by atoms with van der Waals surface area (Å²) >= 11 is 0. The first-order valence-electron chi connectivity index (χ1n) is 10.2. The Labute approximate surface area is 180 Å². The number of anilines is 1. The van der Waals surface area contributed by atoms with E-state index in [1.54, 1.807) is 24.3 Å². The van der Waals surface area contributed by atoms with Crippen LogP contribution in [0.25, 0.3) is 10.8 Å². The first-order valence-corrected chi connectivity index (χ1v) is 10.2. The number of hydrogen-bond acceptors (Lipinski definition) is 5. The van der Waals surface area contributed by atoms with Gasteiger partial charge in [0.15, 0.2) is 5.69 Å². The summed E-state index contributed by atoms with van der Waals surface area (Å²) in [4.78, 5) is 37.6. The zero-order valence-electron chi connectivity index (χ0n) is 18.2. The maximum absolute atomic E-state index is 12.8. The Bertz CT molecular complexity index is 1180. The van der Waals surface area contributed by atoms with E-state index in [2.05, 4.69) is 21.3 Å². The number of carbonyl (C=O) groups is 2. The summed E-state index contributed by atoms with van der Waals surface area (Å²) in [5.74, 6) is -0.819. The zero-order chi connectivity index (χ0) is 22.5. The minimum absolute atomic E-state index is 0.00873. The lowest BCUT2D eigenvalue weighted by molar-refractivity contribution is -0.120. The normalized spacial score (nSPS) is 10.9. The number of benzene rings is 2. The fraction of sp³-hybridized carbons (Fsp3) is 0.304. The van der Waals surface area contributed by atoms with Crippen LogP contribution in [0.3, 0.4) is 0 Å². The lowest BCUT2D eigenvalue weighted by Crippen LogP contribution is -2.45. The molecule has 2 amide bonds. The maximum atomic E-state index is 12.8. The molecular weight excluding hydrogens is 394 g/mol. The number of fused-ring (bicyclic) bond motifs is 1. The Morgan fingerprint density at radius 1 is 1.03 bits per heavy atom. The van der Waals surface area contributed by atoms with E-state index in [1.807, 2.05) is 45.9 Å². The van der Waals surface area contributed by atoms with Gasteiger partial charge in [-0.05, 0) is 37.5 Å². The summed E-state index contributed by atoms with van der Waals surface area (Å²) in [7, 11) is 0. The number of amides is 2. The third-order valence-corrected chi connectivity index (χ3v) is 4.76. The molecular formula is C23H27N5O3. The van der Waals surface area contributed by atoms with Crippen molar-refractivity contribution in [3.8, 4) is 0 Å². The molecule has 162 valence electrons. The zero-order valence-corrected chi connectivity index (χ0v) is 18.2. The summed E-state index contributed by atoms with van der Waals surface area (Å²) in [6.45, 7) is 8.26. The molecule has 8 heteroatoms. The number of rotatable bonds is 6. The van der Waals surface area contributed by atoms with Crippen molar-refractivity contribution < 1.29 is 9.59 Å². The van der Waals surface area contributed by atoms with Crippen molar-refractivity contribution >= 4 is 28.3 Å². The van der Waals surface area contributed by atoms with Crippen LogP contribution >= 0.6 is 0 Å². The largest absolute Gasteiger partial charge is 0.376 e. The molecule has 0 radical (unpaired) electrons. The second kappa shape index (κ2) is 9.42. The Morgan fingerprint density at radius 2 is 1.74 bits per heavy atom. The van der Waals surface area contributed by atoms with Crippen molar-refractivity contribution in [1.29, 1.82) is 0 Å². The lowest BCUT2D eigenvalue weighted by atomic mass is 10.1. The molecule has 31 heavy (non-hydrogen) atoms. The van der Waals surface area contributed by atoms with Gasteiger partial charge >= 0.3 is 0 Å². The summed E-state index contributed by atoms with van der Waals surface area (Å²) < 4.78 is 1.30. The molecule has 3 N–H and O–H groups in total. The number of hydrogen-bond donors (Lipinski definition) is 3. The Kier molecular flexibility index (Phi) is 6.69. The molecule has 0 saturated carbocycles. The fourth-order valence-corrected chi connectivity index (χ4v) is 3.29. The van der Waals surface area contributed by atoms with Gasteiger partial charge in [0, 0.05) is 17.6 Å². The first-order chi connectivity index (χ1) is 14.8. The van der Waals surface area contributed by atoms with Gasteiger partial charge in [0.2, 0.25) is 0 Å². The molecule has 0 aliphatic carbocycles. The van der Waals surface area contributed by atoms with Crippen LogP contribution in [0.2, 0.25) is 0 Å². The first kappa shape index (κ1) is 22.0. The van der Waals surface area contributed by atoms with Gasteiger partial charge in [-0.2, -0.15) is 5.10 Å². The molecule has 2 aromatic carbocycles. The number of nitrogens with one attached hydrogen (secondary N) is 3. The summed E-state index contributed by atoms with van der Waals surface area (Å²) in [5.41, 5.74) is 7.63. The highest BCUT2D eigenvalue weighted by Crippen LogP contribution is 2.16. The molecule has 0 bridgehead atoms. The van der Waals surface area contributed by atoms with Crippen molar-refractivity contribution in [3.63, 3.8) is 0 Å². The third kappa shape index (κ3) is 5.28. The minimum Gasteiger partial charge on any atom is -0.376 e. The number of aromatic nitrogens is 2. The lowest BCUT2D eigenvalue weighted by Gasteiger charge is -2.14. The van der Waals surface area contributed by atoms with Gasteiger partial charge in [0.25, 0.3) is 17.4 Å². The van der Waals surface area contributed by atoms with Gasteiger partial charge in [-0.3, -0.25) is 25.2 Å². The predicted octanol–water partition coefficient (Wildman–Crippen LogP) is 2.54. The Balaban J connectivity index is 1.72. The number of nitrogens with zero attached hydrogens (tertiary/aromatic N) is 2. The topological polar surface area (TPSA) is 105 Å². The van der Waals surface area contributed by atoms with Gasteiger partial charge in [0.1, 0.15) is 0 Å². The van der Waals surface area contributed by atoms with Crippen molar-refractivity contribution in [1.82, 2.24) is 20.6 Å². The van der Waals surface area contributed by atoms with E-state index in [0.717, 1.165) is 16.8 Å². The molecule has 0 saturated heterocycles. The molecule has 0 spiro atoms. The Morgan fingerprint density at radius 3 is 2.42 bits per heavy atom. The van der Waals surface area contributed by atoms with Crippen molar-refractivity contribution in [2.45, 2.75) is 34.2 Å². The SMILES string of the molecule is Cc1ccc(NCC(=O)NNC(=O)c2nn(CC(C)C)c(=O)c3ccccc23)c(C)c1. The summed E-state index contributed by atoms with van der Waals surface area (Å²) in [5, 5.41) is 8.15. The minimum atomic E-state index is -0.589. The van der Waals surface area contributed by atoms with E-state index in [-0.39, 0.29) is 23.7 Å². The molecule has 1 aromatic heterocycles. The van der Waals surface area contributed by atoms with E-state index in [1.165, 1.54) is 4.68 Å². The number of aryl methyl sites for hydroxylation is 2. The maximum Gasteiger partial charge on any atom is 0.290 e. The molecule has 3 aromatic rings. The van der Waals surface area contributed by atoms with Crippen molar-refractivity contribution in [2.75, 3.05) is 11.9 Å². The molecule has 0 fully saturated rings. The molecule has 0 aliphatic heterocycles. The van der Waals surface area contributed by atoms with E-state index in [9.17, 15) is 14.4 Å². The van der Waals surface area contributed by atoms with Gasteiger partial charge in [-0.1, -0.05) is 49.7 Å². The summed E-state index contributed by atoms with van der Waals surface area (Å²) in [6, 6.07) is 12.7. The van der Waals surface area contributed by atoms with E-state index < -0.39 is 11.8 Å². The number of carbonyl (C=O) groups excluding carboxylic acids is 2. The number of hydrazine groups is 1. The highest BCUT2D eigenvalue weighted by atomic mass is 16.2. The van der Waals surface area contributed by atoms with Crippen molar-refractivity contribution in [3.05, 3.63) is 69.6 Å². The highest BCUT2D eigenvalue weighted by molar-refractivity contribution is 6.05. The Hall–Kier alpha value is -3.68. The molecule has 0 aliphatic rings. The molecule has 3 rings (SSSR count). The van der Waals surface area contributed by atoms with Crippen LogP contribution < -0.4 is 21.7 Å². The third-order valence-electron chi connectivity index (χ3n) is 4.76. The average Bonchev–Trinajstić information content (AvgIpc) is 2.73. The van der Waals surface area contributed by atoms with Crippen LogP contribution in [0.1, 0.15) is 35.5 Å². The highest BCUT2D eigenvalue weighted by Gasteiger charge is 2.17. The standard InChI is InChI=1S/C23H27N5O3/c1-14(2)13-28-23(31)18-8-6-5-7-17(18)21(27-28)22(30)26-25-20(29)12-24-19-10-9-15(3)11-16(19)4/h5-11,14,24H,12-13H2,1-4H3,(H,25,29)(H,26,30). The molecule has 0 unspecified atom stereocenters. The fourth-order valence-electron chi connectivity index (χ4n) is 3.29. The predicted molar refractivity (Wildman–Crippen MR) is 121 cm³/mol. The van der Waals surface area contributed by atoms with Crippen LogP contribution in [-0.4, -0.2) is 28.1 Å². The van der Waals surface area contributed by atoms with Crippen molar-refractivity contribution in [2.24, 2.45) is 5.92 Å². The summed E-state index contributed by atoms with van der Waals surface area (Å²) in [6.07, 6.45) is 0. The monoisotopic (exact) mass is 421 g/mol. The molecule has 8 nitrogen and oxygen atoms in total. The smallest absolute Gasteiger partial charge is 0.290 e. The van der Waals surface area contributed by atoms with Crippen LogP contribution in [-0.2, 0) is 11.3 Å². The van der Waals surface area contributed by atoms with Crippen LogP contribution in [0.4, 0.5) is 5.69 Å². The van der Waals surface area contributed by atoms with Gasteiger partial charge in [-0.25, -0.2) is 4.68 Å². The quantitative estimate of drug-likeness (QED) is 0.531. The van der Waals surface area contributed by atoms with E-state index in [0.29, 0.717) is 17.3 Å². The average molecular weight is 422 g/mol. The molecule has 1 heterocycles. The van der Waals surface area contributed by atoms with Crippen LogP contribution in [0.5, 0.6) is 0 Å². The second-order valence-corrected chi connectivity index (χ2v) is 7.95. The van der Waals surface area contributed by atoms with Gasteiger partial charge < -0.3 is 5.32 Å². The van der Waals surface area contributed by atoms with Gasteiger partial charge in [-0.15, -0.1) is 0 Å². The van der Waals surface area contributed by atoms with Crippen LogP contribution in [0, 0.1) is 19.8 Å². The van der Waals surface area contributed by atoms with E-state index >= 15 is 0 Å². The van der Waals surface area contributed by atoms with E-state index in [4.69, 9.17) is 0 Å². The van der Waals surface area contributed by atoms with Gasteiger partial charge in [0.05, 0.1) is 11.9 Å².